The zero-order valence-electron chi connectivity index (χ0n) is 22.0. The molecule has 0 unspecified atom stereocenters. The Balaban J connectivity index is 2.06. The predicted molar refractivity (Wildman–Crippen MR) is 144 cm³/mol. The molecule has 2 atom stereocenters. The fourth-order valence-electron chi connectivity index (χ4n) is 4.21. The van der Waals surface area contributed by atoms with Crippen molar-refractivity contribution >= 4 is 11.8 Å². The second-order valence-electron chi connectivity index (χ2n) is 9.10. The molecule has 7 heteroatoms. The van der Waals surface area contributed by atoms with E-state index >= 15 is 0 Å². The van der Waals surface area contributed by atoms with Crippen LogP contribution in [0.15, 0.2) is 54.6 Å². The average Bonchev–Trinajstić information content (AvgIpc) is 2.90. The van der Waals surface area contributed by atoms with Gasteiger partial charge in [-0.05, 0) is 48.9 Å². The highest BCUT2D eigenvalue weighted by Crippen LogP contribution is 2.17. The van der Waals surface area contributed by atoms with Crippen molar-refractivity contribution in [1.29, 1.82) is 0 Å². The fourth-order valence-corrected chi connectivity index (χ4v) is 4.21. The molecule has 0 saturated heterocycles. The standard InChI is InChI=1S/C29H43N3O4/c1-4-17-31-28(34)15-10-16-29(35)32(18-5-2)26(20-23-11-7-6-8-12-23)27(33)22-30-21-24-13-9-14-25(19-24)36-3/h6-9,11-14,19,26-27,30,33H,4-5,10,15-18,20-22H2,1-3H3,(H,31,34)/t26-,27+/m0/s1. The van der Waals surface area contributed by atoms with Gasteiger partial charge in [0.2, 0.25) is 11.8 Å². The number of nitrogens with zero attached hydrogens (tertiary/aromatic N) is 1. The van der Waals surface area contributed by atoms with Gasteiger partial charge in [0.05, 0.1) is 19.3 Å². The van der Waals surface area contributed by atoms with Crippen LogP contribution in [0.1, 0.15) is 57.1 Å². The van der Waals surface area contributed by atoms with Gasteiger partial charge < -0.3 is 25.4 Å². The molecule has 0 bridgehead atoms. The van der Waals surface area contributed by atoms with Crippen molar-refractivity contribution in [3.63, 3.8) is 0 Å². The summed E-state index contributed by atoms with van der Waals surface area (Å²) < 4.78 is 5.29. The Morgan fingerprint density at radius 2 is 1.75 bits per heavy atom. The van der Waals surface area contributed by atoms with E-state index in [1.165, 1.54) is 0 Å². The average molecular weight is 498 g/mol. The molecule has 0 aromatic heterocycles. The Kier molecular flexibility index (Phi) is 13.6. The number of carbonyl (C=O) groups is 2. The zero-order valence-corrected chi connectivity index (χ0v) is 22.0. The number of rotatable bonds is 17. The summed E-state index contributed by atoms with van der Waals surface area (Å²) in [7, 11) is 1.64. The summed E-state index contributed by atoms with van der Waals surface area (Å²) in [4.78, 5) is 27.0. The van der Waals surface area contributed by atoms with Crippen molar-refractivity contribution in [2.45, 2.75) is 71.1 Å². The Labute approximate surface area is 216 Å². The molecule has 0 spiro atoms. The van der Waals surface area contributed by atoms with Crippen LogP contribution in [-0.2, 0) is 22.6 Å². The summed E-state index contributed by atoms with van der Waals surface area (Å²) in [5.74, 6) is 0.752. The van der Waals surface area contributed by atoms with Gasteiger partial charge in [-0.25, -0.2) is 0 Å². The third-order valence-corrected chi connectivity index (χ3v) is 6.10. The maximum atomic E-state index is 13.3. The number of amides is 2. The normalized spacial score (nSPS) is 12.6. The van der Waals surface area contributed by atoms with Crippen LogP contribution < -0.4 is 15.4 Å². The molecule has 0 fully saturated rings. The molecule has 0 heterocycles. The van der Waals surface area contributed by atoms with Crippen LogP contribution in [0.3, 0.4) is 0 Å². The number of aliphatic hydroxyl groups excluding tert-OH is 1. The number of carbonyl (C=O) groups excluding carboxylic acids is 2. The van der Waals surface area contributed by atoms with Crippen LogP contribution in [-0.4, -0.2) is 60.7 Å². The van der Waals surface area contributed by atoms with Gasteiger partial charge in [0.1, 0.15) is 5.75 Å². The van der Waals surface area contributed by atoms with Crippen molar-refractivity contribution < 1.29 is 19.4 Å². The van der Waals surface area contributed by atoms with Crippen molar-refractivity contribution in [3.8, 4) is 5.75 Å². The van der Waals surface area contributed by atoms with Gasteiger partial charge in [0, 0.05) is 39.0 Å². The number of hydrogen-bond acceptors (Lipinski definition) is 5. The van der Waals surface area contributed by atoms with Crippen LogP contribution in [0.5, 0.6) is 5.75 Å². The van der Waals surface area contributed by atoms with Gasteiger partial charge in [0.15, 0.2) is 0 Å². The van der Waals surface area contributed by atoms with Crippen molar-refractivity contribution in [2.75, 3.05) is 26.7 Å². The van der Waals surface area contributed by atoms with E-state index in [-0.39, 0.29) is 24.3 Å². The number of benzene rings is 2. The van der Waals surface area contributed by atoms with Crippen LogP contribution in [0.4, 0.5) is 0 Å². The largest absolute Gasteiger partial charge is 0.497 e. The Hall–Kier alpha value is -2.90. The van der Waals surface area contributed by atoms with E-state index in [1.54, 1.807) is 7.11 Å². The van der Waals surface area contributed by atoms with Crippen molar-refractivity contribution in [3.05, 3.63) is 65.7 Å². The molecule has 0 aliphatic rings. The third kappa shape index (κ3) is 10.4. The Bertz CT molecular complexity index is 906. The highest BCUT2D eigenvalue weighted by atomic mass is 16.5. The minimum atomic E-state index is -0.751. The molecule has 0 aliphatic carbocycles. The first-order valence-corrected chi connectivity index (χ1v) is 13.1. The van der Waals surface area contributed by atoms with E-state index in [1.807, 2.05) is 73.3 Å². The van der Waals surface area contributed by atoms with Crippen molar-refractivity contribution in [1.82, 2.24) is 15.5 Å². The first kappa shape index (κ1) is 29.3. The molecule has 2 aromatic rings. The summed E-state index contributed by atoms with van der Waals surface area (Å²) in [5, 5.41) is 17.5. The topological polar surface area (TPSA) is 90.9 Å². The molecule has 0 radical (unpaired) electrons. The Morgan fingerprint density at radius 3 is 2.44 bits per heavy atom. The van der Waals surface area contributed by atoms with Gasteiger partial charge >= 0.3 is 0 Å². The quantitative estimate of drug-likeness (QED) is 0.310. The molecule has 2 rings (SSSR count). The molecule has 2 amide bonds. The predicted octanol–water partition coefficient (Wildman–Crippen LogP) is 3.69. The summed E-state index contributed by atoms with van der Waals surface area (Å²) in [6.07, 6.45) is 2.61. The second kappa shape index (κ2) is 16.7. The molecule has 3 N–H and O–H groups in total. The number of hydrogen-bond donors (Lipinski definition) is 3. The number of methoxy groups -OCH3 is 1. The Morgan fingerprint density at radius 1 is 1.00 bits per heavy atom. The molecule has 2 aromatic carbocycles. The maximum absolute atomic E-state index is 13.3. The van der Waals surface area contributed by atoms with E-state index < -0.39 is 6.10 Å². The lowest BCUT2D eigenvalue weighted by molar-refractivity contribution is -0.136. The van der Waals surface area contributed by atoms with E-state index in [0.29, 0.717) is 45.4 Å². The minimum absolute atomic E-state index is 0.0192. The summed E-state index contributed by atoms with van der Waals surface area (Å²) in [6.45, 7) is 6.19. The second-order valence-corrected chi connectivity index (χ2v) is 9.10. The first-order valence-electron chi connectivity index (χ1n) is 13.1. The van der Waals surface area contributed by atoms with Gasteiger partial charge in [0.25, 0.3) is 0 Å². The third-order valence-electron chi connectivity index (χ3n) is 6.10. The summed E-state index contributed by atoms with van der Waals surface area (Å²) in [5.41, 5.74) is 2.13. The fraction of sp³-hybridized carbons (Fsp3) is 0.517. The molecule has 7 nitrogen and oxygen atoms in total. The minimum Gasteiger partial charge on any atom is -0.497 e. The highest BCUT2D eigenvalue weighted by molar-refractivity contribution is 5.79. The smallest absolute Gasteiger partial charge is 0.222 e. The lowest BCUT2D eigenvalue weighted by Crippen LogP contribution is -2.51. The number of ether oxygens (including phenoxy) is 1. The summed E-state index contributed by atoms with van der Waals surface area (Å²) >= 11 is 0. The van der Waals surface area contributed by atoms with Gasteiger partial charge in [-0.1, -0.05) is 56.3 Å². The zero-order chi connectivity index (χ0) is 26.2. The van der Waals surface area contributed by atoms with E-state index in [2.05, 4.69) is 10.6 Å². The van der Waals surface area contributed by atoms with E-state index in [9.17, 15) is 14.7 Å². The number of nitrogens with one attached hydrogen (secondary N) is 2. The molecular weight excluding hydrogens is 454 g/mol. The molecular formula is C29H43N3O4. The van der Waals surface area contributed by atoms with Crippen LogP contribution >= 0.6 is 0 Å². The van der Waals surface area contributed by atoms with Crippen LogP contribution in [0, 0.1) is 0 Å². The molecule has 0 aliphatic heterocycles. The van der Waals surface area contributed by atoms with Gasteiger partial charge in [-0.15, -0.1) is 0 Å². The van der Waals surface area contributed by atoms with Gasteiger partial charge in [-0.3, -0.25) is 9.59 Å². The van der Waals surface area contributed by atoms with Gasteiger partial charge in [-0.2, -0.15) is 0 Å². The first-order chi connectivity index (χ1) is 17.5. The van der Waals surface area contributed by atoms with Crippen molar-refractivity contribution in [2.24, 2.45) is 0 Å². The molecule has 0 saturated carbocycles. The molecule has 198 valence electrons. The van der Waals surface area contributed by atoms with E-state index in [0.717, 1.165) is 29.7 Å². The van der Waals surface area contributed by atoms with Crippen LogP contribution in [0.25, 0.3) is 0 Å². The highest BCUT2D eigenvalue weighted by Gasteiger charge is 2.29. The van der Waals surface area contributed by atoms with E-state index in [4.69, 9.17) is 4.74 Å². The van der Waals surface area contributed by atoms with Crippen LogP contribution in [0.2, 0.25) is 0 Å². The lowest BCUT2D eigenvalue weighted by atomic mass is 9.98. The molecule has 36 heavy (non-hydrogen) atoms. The monoisotopic (exact) mass is 497 g/mol. The SMILES string of the molecule is CCCNC(=O)CCCC(=O)N(CCC)[C@@H](Cc1ccccc1)[C@H](O)CNCc1cccc(OC)c1. The number of aliphatic hydroxyl groups is 1. The lowest BCUT2D eigenvalue weighted by Gasteiger charge is -2.35. The summed E-state index contributed by atoms with van der Waals surface area (Å²) in [6, 6.07) is 17.4. The maximum Gasteiger partial charge on any atom is 0.222 e.